The van der Waals surface area contributed by atoms with Gasteiger partial charge in [0, 0.05) is 38.1 Å². The van der Waals surface area contributed by atoms with Crippen molar-refractivity contribution >= 4 is 21.9 Å². The van der Waals surface area contributed by atoms with Crippen molar-refractivity contribution in [3.8, 4) is 0 Å². The van der Waals surface area contributed by atoms with Gasteiger partial charge < -0.3 is 14.8 Å². The van der Waals surface area contributed by atoms with Crippen LogP contribution in [0, 0.1) is 29.5 Å². The molecule has 4 rings (SSSR count). The van der Waals surface area contributed by atoms with Crippen molar-refractivity contribution in [1.82, 2.24) is 9.21 Å². The number of hydrogen-bond acceptors (Lipinski definition) is 5. The van der Waals surface area contributed by atoms with Gasteiger partial charge in [0.2, 0.25) is 15.9 Å². The minimum atomic E-state index is -3.77. The van der Waals surface area contributed by atoms with Gasteiger partial charge in [-0.25, -0.2) is 12.8 Å². The van der Waals surface area contributed by atoms with Crippen LogP contribution in [0.1, 0.15) is 6.42 Å². The molecule has 7 nitrogen and oxygen atoms in total. The lowest BCUT2D eigenvalue weighted by molar-refractivity contribution is -0.313. The van der Waals surface area contributed by atoms with Crippen molar-refractivity contribution in [3.63, 3.8) is 0 Å². The van der Waals surface area contributed by atoms with E-state index >= 15 is 0 Å². The quantitative estimate of drug-likeness (QED) is 0.647. The maximum absolute atomic E-state index is 13.1. The van der Waals surface area contributed by atoms with E-state index in [0.717, 1.165) is 12.1 Å². The minimum Gasteiger partial charge on any atom is -0.550 e. The molecule has 150 valence electrons. The van der Waals surface area contributed by atoms with E-state index in [1.807, 2.05) is 12.2 Å². The number of sulfonamides is 1. The molecule has 2 fully saturated rings. The van der Waals surface area contributed by atoms with Gasteiger partial charge in [-0.05, 0) is 42.5 Å². The van der Waals surface area contributed by atoms with Crippen molar-refractivity contribution < 1.29 is 27.5 Å². The number of halogens is 1. The fourth-order valence-electron chi connectivity index (χ4n) is 4.60. The number of carbonyl (C=O) groups is 2. The van der Waals surface area contributed by atoms with Crippen LogP contribution >= 0.6 is 0 Å². The van der Waals surface area contributed by atoms with Gasteiger partial charge in [-0.15, -0.1) is 0 Å². The Balaban J connectivity index is 1.44. The predicted molar refractivity (Wildman–Crippen MR) is 94.5 cm³/mol. The lowest BCUT2D eigenvalue weighted by Gasteiger charge is -2.38. The summed E-state index contributed by atoms with van der Waals surface area (Å²) in [6, 6.07) is 4.62. The highest BCUT2D eigenvalue weighted by Gasteiger charge is 2.50. The number of allylic oxidation sites excluding steroid dienone is 2. The Bertz CT molecular complexity index is 922. The third kappa shape index (κ3) is 3.12. The Labute approximate surface area is 162 Å². The number of carbonyl (C=O) groups excluding carboxylic acids is 2. The maximum Gasteiger partial charge on any atom is 0.243 e. The zero-order valence-electron chi connectivity index (χ0n) is 15.0. The topological polar surface area (TPSA) is 97.8 Å². The van der Waals surface area contributed by atoms with Gasteiger partial charge in [-0.2, -0.15) is 4.31 Å². The Morgan fingerprint density at radius 1 is 0.964 bits per heavy atom. The number of nitrogens with zero attached hydrogens (tertiary/aromatic N) is 2. The second-order valence-electron chi connectivity index (χ2n) is 7.50. The maximum atomic E-state index is 13.1. The third-order valence-corrected chi connectivity index (χ3v) is 7.93. The first-order chi connectivity index (χ1) is 13.3. The molecule has 1 amide bonds. The van der Waals surface area contributed by atoms with Gasteiger partial charge in [-0.1, -0.05) is 12.2 Å². The fraction of sp³-hybridized carbons (Fsp3) is 0.474. The average molecular weight is 407 g/mol. The molecule has 9 heteroatoms. The molecule has 0 aromatic heterocycles. The van der Waals surface area contributed by atoms with Crippen LogP contribution in [0.25, 0.3) is 0 Å². The predicted octanol–water partition coefficient (Wildman–Crippen LogP) is -0.153. The van der Waals surface area contributed by atoms with Crippen LogP contribution < -0.4 is 5.11 Å². The summed E-state index contributed by atoms with van der Waals surface area (Å²) in [7, 11) is -3.77. The summed E-state index contributed by atoms with van der Waals surface area (Å²) in [5.74, 6) is -3.68. The highest BCUT2D eigenvalue weighted by molar-refractivity contribution is 7.89. The van der Waals surface area contributed by atoms with Crippen molar-refractivity contribution in [2.24, 2.45) is 23.7 Å². The first-order valence-electron chi connectivity index (χ1n) is 9.23. The number of rotatable bonds is 4. The molecule has 0 unspecified atom stereocenters. The van der Waals surface area contributed by atoms with Gasteiger partial charge in [0.15, 0.2) is 0 Å². The Kier molecular flexibility index (Phi) is 4.75. The zero-order chi connectivity index (χ0) is 20.1. The second-order valence-corrected chi connectivity index (χ2v) is 9.44. The molecule has 2 bridgehead atoms. The highest BCUT2D eigenvalue weighted by atomic mass is 32.2. The standard InChI is InChI=1S/C19H21FN2O5S/c20-14-3-5-15(6-4-14)28(26,27)22-9-7-21(8-10-22)18(23)16-12-1-2-13(11-12)17(16)19(24)25/h1-6,12-13,16-17H,7-11H2,(H,24,25)/p-1/t12-,13-,16-,17+/m1/s1. The summed E-state index contributed by atoms with van der Waals surface area (Å²) in [5.41, 5.74) is 0. The number of aliphatic carboxylic acids is 1. The Hall–Kier alpha value is -2.26. The number of carboxylic acid groups (broad SMARTS) is 1. The van der Waals surface area contributed by atoms with Crippen LogP contribution in [0.5, 0.6) is 0 Å². The number of piperazine rings is 1. The van der Waals surface area contributed by atoms with Crippen LogP contribution in [0.15, 0.2) is 41.3 Å². The summed E-state index contributed by atoms with van der Waals surface area (Å²) < 4.78 is 39.7. The number of benzene rings is 1. The zero-order valence-corrected chi connectivity index (χ0v) is 15.8. The van der Waals surface area contributed by atoms with Crippen LogP contribution in [-0.4, -0.2) is 55.7 Å². The molecular formula is C19H20FN2O5S-. The first-order valence-corrected chi connectivity index (χ1v) is 10.7. The summed E-state index contributed by atoms with van der Waals surface area (Å²) in [5, 5.41) is 11.5. The molecule has 1 heterocycles. The normalized spacial score (nSPS) is 30.0. The molecule has 1 aromatic rings. The van der Waals surface area contributed by atoms with Gasteiger partial charge in [0.25, 0.3) is 0 Å². The van der Waals surface area contributed by atoms with E-state index in [0.29, 0.717) is 6.42 Å². The molecule has 1 aromatic carbocycles. The molecule has 2 aliphatic carbocycles. The van der Waals surface area contributed by atoms with Crippen molar-refractivity contribution in [2.75, 3.05) is 26.2 Å². The van der Waals surface area contributed by atoms with Gasteiger partial charge in [0.1, 0.15) is 5.82 Å². The SMILES string of the molecule is O=C([O-])[C@@H]1[C@H](C(=O)N2CCN(S(=O)(=O)c3ccc(F)cc3)CC2)[C@@H]2C=C[C@@H]1C2. The van der Waals surface area contributed by atoms with Gasteiger partial charge >= 0.3 is 0 Å². The average Bonchev–Trinajstić information content (AvgIpc) is 3.29. The molecule has 1 saturated heterocycles. The summed E-state index contributed by atoms with van der Waals surface area (Å²) in [6.45, 7) is 0.601. The molecule has 0 N–H and O–H groups in total. The van der Waals surface area contributed by atoms with Crippen molar-refractivity contribution in [1.29, 1.82) is 0 Å². The largest absolute Gasteiger partial charge is 0.550 e. The minimum absolute atomic E-state index is 0.00364. The molecule has 1 aliphatic heterocycles. The van der Waals surface area contributed by atoms with Crippen molar-refractivity contribution in [2.45, 2.75) is 11.3 Å². The monoisotopic (exact) mass is 407 g/mol. The van der Waals surface area contributed by atoms with E-state index in [-0.39, 0.29) is 48.8 Å². The first kappa shape index (κ1) is 19.1. The van der Waals surface area contributed by atoms with Crippen LogP contribution in [0.2, 0.25) is 0 Å². The van der Waals surface area contributed by atoms with Crippen LogP contribution in [0.3, 0.4) is 0 Å². The van der Waals surface area contributed by atoms with E-state index in [1.165, 1.54) is 16.4 Å². The summed E-state index contributed by atoms with van der Waals surface area (Å²) in [4.78, 5) is 26.0. The molecule has 0 spiro atoms. The fourth-order valence-corrected chi connectivity index (χ4v) is 6.02. The van der Waals surface area contributed by atoms with E-state index in [4.69, 9.17) is 0 Å². The lowest BCUT2D eigenvalue weighted by Crippen LogP contribution is -2.54. The molecule has 1 saturated carbocycles. The summed E-state index contributed by atoms with van der Waals surface area (Å²) in [6.07, 6.45) is 4.40. The third-order valence-electron chi connectivity index (χ3n) is 6.02. The van der Waals surface area contributed by atoms with E-state index in [2.05, 4.69) is 0 Å². The van der Waals surface area contributed by atoms with Crippen molar-refractivity contribution in [3.05, 3.63) is 42.2 Å². The highest BCUT2D eigenvalue weighted by Crippen LogP contribution is 2.48. The van der Waals surface area contributed by atoms with E-state index < -0.39 is 33.6 Å². The molecule has 28 heavy (non-hydrogen) atoms. The number of fused-ring (bicyclic) bond motifs is 2. The number of hydrogen-bond donors (Lipinski definition) is 0. The van der Waals surface area contributed by atoms with Crippen LogP contribution in [0.4, 0.5) is 4.39 Å². The van der Waals surface area contributed by atoms with Gasteiger partial charge in [-0.3, -0.25) is 4.79 Å². The van der Waals surface area contributed by atoms with Gasteiger partial charge in [0.05, 0.1) is 10.8 Å². The Morgan fingerprint density at radius 2 is 1.54 bits per heavy atom. The second kappa shape index (κ2) is 6.97. The lowest BCUT2D eigenvalue weighted by atomic mass is 9.82. The summed E-state index contributed by atoms with van der Waals surface area (Å²) >= 11 is 0. The number of carboxylic acids is 1. The van der Waals surface area contributed by atoms with E-state index in [9.17, 15) is 27.5 Å². The molecule has 4 atom stereocenters. The molecule has 0 radical (unpaired) electrons. The van der Waals surface area contributed by atoms with E-state index in [1.54, 1.807) is 4.90 Å². The molecular weight excluding hydrogens is 387 g/mol. The number of amides is 1. The molecule has 3 aliphatic rings. The smallest absolute Gasteiger partial charge is 0.243 e. The van der Waals surface area contributed by atoms with Crippen LogP contribution in [-0.2, 0) is 19.6 Å². The Morgan fingerprint density at radius 3 is 2.11 bits per heavy atom.